The fourth-order valence-corrected chi connectivity index (χ4v) is 2.02. The highest BCUT2D eigenvalue weighted by Gasteiger charge is 2.35. The Morgan fingerprint density at radius 2 is 2.27 bits per heavy atom. The molecule has 1 aliphatic heterocycles. The maximum Gasteiger partial charge on any atom is 0.0448 e. The molecule has 11 heavy (non-hydrogen) atoms. The van der Waals surface area contributed by atoms with Crippen LogP contribution in [-0.2, 0) is 0 Å². The highest BCUT2D eigenvalue weighted by molar-refractivity contribution is 4.94. The van der Waals surface area contributed by atoms with Crippen LogP contribution in [0.15, 0.2) is 0 Å². The SMILES string of the molecule is CC(C)C1(CCO)CCCN1. The molecule has 0 radical (unpaired) electrons. The zero-order valence-corrected chi connectivity index (χ0v) is 7.56. The number of hydrogen-bond acceptors (Lipinski definition) is 2. The molecule has 1 rings (SSSR count). The van der Waals surface area contributed by atoms with Crippen molar-refractivity contribution in [1.29, 1.82) is 0 Å². The van der Waals surface area contributed by atoms with Gasteiger partial charge in [-0.05, 0) is 31.7 Å². The quantitative estimate of drug-likeness (QED) is 0.644. The molecule has 0 aromatic carbocycles. The van der Waals surface area contributed by atoms with Crippen LogP contribution in [0.2, 0.25) is 0 Å². The Kier molecular flexibility index (Phi) is 2.90. The average molecular weight is 157 g/mol. The maximum absolute atomic E-state index is 8.90. The summed E-state index contributed by atoms with van der Waals surface area (Å²) < 4.78 is 0. The number of aliphatic hydroxyl groups is 1. The zero-order chi connectivity index (χ0) is 8.32. The van der Waals surface area contributed by atoms with Crippen molar-refractivity contribution >= 4 is 0 Å². The van der Waals surface area contributed by atoms with E-state index in [4.69, 9.17) is 5.11 Å². The molecule has 1 atom stereocenters. The summed E-state index contributed by atoms with van der Waals surface area (Å²) in [5.41, 5.74) is 0.245. The van der Waals surface area contributed by atoms with Crippen molar-refractivity contribution in [1.82, 2.24) is 5.32 Å². The van der Waals surface area contributed by atoms with Gasteiger partial charge in [0.1, 0.15) is 0 Å². The lowest BCUT2D eigenvalue weighted by Gasteiger charge is -2.33. The van der Waals surface area contributed by atoms with Gasteiger partial charge in [-0.1, -0.05) is 13.8 Å². The van der Waals surface area contributed by atoms with E-state index in [9.17, 15) is 0 Å². The molecule has 1 aliphatic rings. The second-order valence-electron chi connectivity index (χ2n) is 3.81. The van der Waals surface area contributed by atoms with E-state index >= 15 is 0 Å². The van der Waals surface area contributed by atoms with Crippen LogP contribution in [0.3, 0.4) is 0 Å². The largest absolute Gasteiger partial charge is 0.396 e. The summed E-state index contributed by atoms with van der Waals surface area (Å²) in [5, 5.41) is 12.4. The van der Waals surface area contributed by atoms with E-state index in [0.717, 1.165) is 13.0 Å². The number of nitrogens with one attached hydrogen (secondary N) is 1. The van der Waals surface area contributed by atoms with Crippen LogP contribution >= 0.6 is 0 Å². The van der Waals surface area contributed by atoms with Gasteiger partial charge in [0, 0.05) is 12.1 Å². The van der Waals surface area contributed by atoms with Crippen molar-refractivity contribution in [3.8, 4) is 0 Å². The first-order valence-corrected chi connectivity index (χ1v) is 4.57. The van der Waals surface area contributed by atoms with E-state index in [0.29, 0.717) is 12.5 Å². The Balaban J connectivity index is 2.55. The van der Waals surface area contributed by atoms with Crippen molar-refractivity contribution in [3.63, 3.8) is 0 Å². The van der Waals surface area contributed by atoms with Crippen LogP contribution in [0.25, 0.3) is 0 Å². The number of aliphatic hydroxyl groups excluding tert-OH is 1. The molecule has 0 aromatic rings. The molecule has 1 heterocycles. The first kappa shape index (κ1) is 9.01. The molecule has 2 N–H and O–H groups in total. The minimum absolute atomic E-state index is 0.245. The van der Waals surface area contributed by atoms with Crippen LogP contribution in [0.1, 0.15) is 33.1 Å². The predicted molar refractivity (Wildman–Crippen MR) is 46.5 cm³/mol. The highest BCUT2D eigenvalue weighted by atomic mass is 16.3. The van der Waals surface area contributed by atoms with Gasteiger partial charge in [0.25, 0.3) is 0 Å². The Morgan fingerprint density at radius 3 is 2.64 bits per heavy atom. The third-order valence-electron chi connectivity index (χ3n) is 2.94. The molecular formula is C9H19NO. The van der Waals surface area contributed by atoms with Gasteiger partial charge < -0.3 is 10.4 Å². The van der Waals surface area contributed by atoms with E-state index in [1.165, 1.54) is 12.8 Å². The van der Waals surface area contributed by atoms with Gasteiger partial charge in [0.15, 0.2) is 0 Å². The van der Waals surface area contributed by atoms with Crippen LogP contribution < -0.4 is 5.32 Å². The summed E-state index contributed by atoms with van der Waals surface area (Å²) in [4.78, 5) is 0. The van der Waals surface area contributed by atoms with Crippen LogP contribution in [0.5, 0.6) is 0 Å². The molecule has 66 valence electrons. The van der Waals surface area contributed by atoms with E-state index in [2.05, 4.69) is 19.2 Å². The Labute approximate surface area is 69.0 Å². The number of hydrogen-bond donors (Lipinski definition) is 2. The Hall–Kier alpha value is -0.0800. The molecule has 1 unspecified atom stereocenters. The van der Waals surface area contributed by atoms with Crippen molar-refractivity contribution < 1.29 is 5.11 Å². The monoisotopic (exact) mass is 157 g/mol. The van der Waals surface area contributed by atoms with Gasteiger partial charge in [-0.2, -0.15) is 0 Å². The Morgan fingerprint density at radius 1 is 1.55 bits per heavy atom. The summed E-state index contributed by atoms with van der Waals surface area (Å²) in [6.45, 7) is 5.89. The van der Waals surface area contributed by atoms with Crippen molar-refractivity contribution in [3.05, 3.63) is 0 Å². The standard InChI is InChI=1S/C9H19NO/c1-8(2)9(5-7-11)4-3-6-10-9/h8,10-11H,3-7H2,1-2H3. The molecular weight excluding hydrogens is 138 g/mol. The van der Waals surface area contributed by atoms with Crippen LogP contribution in [0.4, 0.5) is 0 Å². The third-order valence-corrected chi connectivity index (χ3v) is 2.94. The van der Waals surface area contributed by atoms with Gasteiger partial charge in [-0.15, -0.1) is 0 Å². The van der Waals surface area contributed by atoms with Crippen molar-refractivity contribution in [2.75, 3.05) is 13.2 Å². The van der Waals surface area contributed by atoms with Crippen molar-refractivity contribution in [2.45, 2.75) is 38.6 Å². The minimum atomic E-state index is 0.245. The van der Waals surface area contributed by atoms with Gasteiger partial charge >= 0.3 is 0 Å². The molecule has 0 spiro atoms. The molecule has 0 aliphatic carbocycles. The highest BCUT2D eigenvalue weighted by Crippen LogP contribution is 2.30. The topological polar surface area (TPSA) is 32.3 Å². The first-order valence-electron chi connectivity index (χ1n) is 4.57. The van der Waals surface area contributed by atoms with Gasteiger partial charge in [-0.25, -0.2) is 0 Å². The van der Waals surface area contributed by atoms with Crippen molar-refractivity contribution in [2.24, 2.45) is 5.92 Å². The van der Waals surface area contributed by atoms with Gasteiger partial charge in [0.2, 0.25) is 0 Å². The molecule has 1 saturated heterocycles. The smallest absolute Gasteiger partial charge is 0.0448 e. The fourth-order valence-electron chi connectivity index (χ4n) is 2.02. The molecule has 2 nitrogen and oxygen atoms in total. The minimum Gasteiger partial charge on any atom is -0.396 e. The molecule has 0 aromatic heterocycles. The van der Waals surface area contributed by atoms with Gasteiger partial charge in [0.05, 0.1) is 0 Å². The number of rotatable bonds is 3. The van der Waals surface area contributed by atoms with E-state index in [-0.39, 0.29) is 5.54 Å². The van der Waals surface area contributed by atoms with E-state index in [1.54, 1.807) is 0 Å². The fraction of sp³-hybridized carbons (Fsp3) is 1.00. The van der Waals surface area contributed by atoms with Gasteiger partial charge in [-0.3, -0.25) is 0 Å². The summed E-state index contributed by atoms with van der Waals surface area (Å²) in [6, 6.07) is 0. The molecule has 0 saturated carbocycles. The molecule has 1 fully saturated rings. The van der Waals surface area contributed by atoms with Crippen LogP contribution in [0, 0.1) is 5.92 Å². The average Bonchev–Trinajstić information content (AvgIpc) is 2.38. The molecule has 2 heteroatoms. The molecule has 0 amide bonds. The second-order valence-corrected chi connectivity index (χ2v) is 3.81. The summed E-state index contributed by atoms with van der Waals surface area (Å²) >= 11 is 0. The zero-order valence-electron chi connectivity index (χ0n) is 7.56. The summed E-state index contributed by atoms with van der Waals surface area (Å²) in [7, 11) is 0. The van der Waals surface area contributed by atoms with Crippen LogP contribution in [-0.4, -0.2) is 23.8 Å². The second kappa shape index (κ2) is 3.55. The lowest BCUT2D eigenvalue weighted by molar-refractivity contribution is 0.183. The normalized spacial score (nSPS) is 31.6. The van der Waals surface area contributed by atoms with E-state index in [1.807, 2.05) is 0 Å². The van der Waals surface area contributed by atoms with E-state index < -0.39 is 0 Å². The first-order chi connectivity index (χ1) is 5.21. The Bertz CT molecular complexity index is 117. The maximum atomic E-state index is 8.90. The summed E-state index contributed by atoms with van der Waals surface area (Å²) in [6.07, 6.45) is 3.40. The lowest BCUT2D eigenvalue weighted by Crippen LogP contribution is -2.45. The third kappa shape index (κ3) is 1.74. The summed E-state index contributed by atoms with van der Waals surface area (Å²) in [5.74, 6) is 0.636. The molecule has 0 bridgehead atoms. The predicted octanol–water partition coefficient (Wildman–Crippen LogP) is 1.15. The lowest BCUT2D eigenvalue weighted by atomic mass is 9.82.